The fraction of sp³-hybridized carbons (Fsp3) is 0.143. The van der Waals surface area contributed by atoms with Gasteiger partial charge >= 0.3 is 0 Å². The molecule has 0 amide bonds. The molecule has 1 N–H and O–H groups in total. The molecule has 0 aromatic heterocycles. The Bertz CT molecular complexity index is 298. The summed E-state index contributed by atoms with van der Waals surface area (Å²) in [6.45, 7) is 0.597. The highest BCUT2D eigenvalue weighted by Crippen LogP contribution is 2.12. The Morgan fingerprint density at radius 1 is 1.42 bits per heavy atom. The van der Waals surface area contributed by atoms with Crippen LogP contribution in [-0.2, 0) is 12.8 Å². The van der Waals surface area contributed by atoms with Crippen LogP contribution in [0.5, 0.6) is 0 Å². The van der Waals surface area contributed by atoms with Crippen molar-refractivity contribution < 1.29 is 4.10 Å². The molecule has 1 aliphatic heterocycles. The van der Waals surface area contributed by atoms with Crippen molar-refractivity contribution in [1.29, 1.82) is 0 Å². The minimum Gasteiger partial charge on any atom is -0.532 e. The van der Waals surface area contributed by atoms with E-state index in [4.69, 9.17) is 12.8 Å². The van der Waals surface area contributed by atoms with Gasteiger partial charge in [-0.15, -0.1) is 0 Å². The molecule has 1 heterocycles. The number of para-hydroxylation sites is 1. The largest absolute Gasteiger partial charge is 0.532 e. The van der Waals surface area contributed by atoms with E-state index in [2.05, 4.69) is 10.8 Å². The van der Waals surface area contributed by atoms with E-state index in [1.165, 1.54) is 4.10 Å². The van der Waals surface area contributed by atoms with Crippen LogP contribution in [0.15, 0.2) is 35.6 Å². The summed E-state index contributed by atoms with van der Waals surface area (Å²) in [7, 11) is 0. The van der Waals surface area contributed by atoms with Gasteiger partial charge in [-0.05, 0) is 12.1 Å². The lowest BCUT2D eigenvalue weighted by Crippen LogP contribution is -2.30. The molecule has 2 rings (SSSR count). The number of nitrogens with one attached hydrogen (secondary N) is 1. The van der Waals surface area contributed by atoms with Crippen LogP contribution in [-0.4, -0.2) is 10.8 Å². The Balaban J connectivity index is 2.14. The predicted molar refractivity (Wildman–Crippen MR) is 47.0 cm³/mol. The number of benzene rings is 1. The molecular formula is C7H8N4S. The van der Waals surface area contributed by atoms with E-state index in [0.29, 0.717) is 6.67 Å². The molecule has 0 saturated carbocycles. The summed E-state index contributed by atoms with van der Waals surface area (Å²) in [5, 5.41) is 5.69. The highest BCUT2D eigenvalue weighted by Gasteiger charge is 2.15. The summed E-state index contributed by atoms with van der Waals surface area (Å²) < 4.78 is 1.42. The minimum atomic E-state index is 0.597. The molecule has 0 saturated heterocycles. The summed E-state index contributed by atoms with van der Waals surface area (Å²) in [6.07, 6.45) is 0. The molecule has 0 bridgehead atoms. The van der Waals surface area contributed by atoms with Gasteiger partial charge in [-0.2, -0.15) is 5.01 Å². The number of hydrazine groups is 1. The molecular weight excluding hydrogens is 172 g/mol. The third kappa shape index (κ3) is 1.31. The smallest absolute Gasteiger partial charge is 0.198 e. The standard InChI is InChI=1S/C7H8N4S/c12-11-6-10(8-9-11)7-4-2-1-3-5-7/h1-5,8H,6H2. The van der Waals surface area contributed by atoms with Gasteiger partial charge in [0.2, 0.25) is 0 Å². The molecule has 0 spiro atoms. The van der Waals surface area contributed by atoms with Crippen molar-refractivity contribution in [2.45, 2.75) is 0 Å². The average Bonchev–Trinajstić information content (AvgIpc) is 2.54. The molecule has 1 aliphatic rings. The first kappa shape index (κ1) is 7.30. The van der Waals surface area contributed by atoms with Crippen LogP contribution < -0.4 is 10.5 Å². The molecule has 0 fully saturated rings. The number of hydrogen-bond acceptors (Lipinski definition) is 4. The minimum absolute atomic E-state index is 0.597. The van der Waals surface area contributed by atoms with Crippen molar-refractivity contribution >= 4 is 18.5 Å². The van der Waals surface area contributed by atoms with Crippen LogP contribution in [0.2, 0.25) is 0 Å². The topological polar surface area (TPSA) is 30.6 Å². The van der Waals surface area contributed by atoms with Gasteiger partial charge in [-0.25, -0.2) is 0 Å². The first-order valence-electron chi connectivity index (χ1n) is 3.60. The molecule has 12 heavy (non-hydrogen) atoms. The van der Waals surface area contributed by atoms with Crippen LogP contribution in [0.4, 0.5) is 5.69 Å². The number of hydrogen-bond donors (Lipinski definition) is 1. The van der Waals surface area contributed by atoms with Gasteiger partial charge in [-0.3, -0.25) is 4.10 Å². The lowest BCUT2D eigenvalue weighted by atomic mass is 10.3. The predicted octanol–water partition coefficient (Wildman–Crippen LogP) is 0.810. The second-order valence-corrected chi connectivity index (χ2v) is 2.88. The Morgan fingerprint density at radius 3 is 2.75 bits per heavy atom. The monoisotopic (exact) mass is 180 g/mol. The first-order chi connectivity index (χ1) is 5.86. The highest BCUT2D eigenvalue weighted by atomic mass is 32.1. The van der Waals surface area contributed by atoms with Crippen LogP contribution in [0, 0.1) is 0 Å². The van der Waals surface area contributed by atoms with Crippen molar-refractivity contribution in [2.75, 3.05) is 11.7 Å². The van der Waals surface area contributed by atoms with Crippen molar-refractivity contribution in [3.05, 3.63) is 30.3 Å². The van der Waals surface area contributed by atoms with E-state index in [1.54, 1.807) is 0 Å². The van der Waals surface area contributed by atoms with Crippen LogP contribution >= 0.6 is 0 Å². The van der Waals surface area contributed by atoms with Crippen molar-refractivity contribution in [3.63, 3.8) is 0 Å². The number of anilines is 1. The van der Waals surface area contributed by atoms with E-state index >= 15 is 0 Å². The van der Waals surface area contributed by atoms with E-state index in [1.807, 2.05) is 35.3 Å². The molecule has 0 radical (unpaired) electrons. The Kier molecular flexibility index (Phi) is 1.79. The SMILES string of the molecule is [S-][N+]1=NNN(c2ccccc2)C1. The van der Waals surface area contributed by atoms with Gasteiger partial charge in [0.25, 0.3) is 0 Å². The quantitative estimate of drug-likeness (QED) is 0.512. The van der Waals surface area contributed by atoms with Gasteiger partial charge in [0.05, 0.1) is 10.9 Å². The van der Waals surface area contributed by atoms with Crippen molar-refractivity contribution in [3.8, 4) is 0 Å². The first-order valence-corrected chi connectivity index (χ1v) is 3.96. The van der Waals surface area contributed by atoms with Crippen molar-refractivity contribution in [1.82, 2.24) is 5.53 Å². The van der Waals surface area contributed by atoms with Gasteiger partial charge in [0.15, 0.2) is 6.67 Å². The van der Waals surface area contributed by atoms with Gasteiger partial charge in [0.1, 0.15) is 0 Å². The second-order valence-electron chi connectivity index (χ2n) is 2.46. The van der Waals surface area contributed by atoms with Crippen LogP contribution in [0.25, 0.3) is 0 Å². The second kappa shape index (κ2) is 2.94. The number of rotatable bonds is 1. The summed E-state index contributed by atoms with van der Waals surface area (Å²) in [6, 6.07) is 9.92. The summed E-state index contributed by atoms with van der Waals surface area (Å²) in [5.41, 5.74) is 3.87. The molecule has 4 nitrogen and oxygen atoms in total. The van der Waals surface area contributed by atoms with E-state index in [-0.39, 0.29) is 0 Å². The molecule has 0 unspecified atom stereocenters. The van der Waals surface area contributed by atoms with Gasteiger partial charge in [-0.1, -0.05) is 23.7 Å². The summed E-state index contributed by atoms with van der Waals surface area (Å²) in [4.78, 5) is 0. The van der Waals surface area contributed by atoms with Gasteiger partial charge < -0.3 is 12.8 Å². The maximum Gasteiger partial charge on any atom is 0.198 e. The normalized spacial score (nSPS) is 15.7. The zero-order valence-electron chi connectivity index (χ0n) is 6.34. The zero-order chi connectivity index (χ0) is 8.39. The summed E-state index contributed by atoms with van der Waals surface area (Å²) in [5.74, 6) is 0. The highest BCUT2D eigenvalue weighted by molar-refractivity contribution is 7.51. The molecule has 1 aromatic rings. The fourth-order valence-corrected chi connectivity index (χ4v) is 1.19. The van der Waals surface area contributed by atoms with E-state index < -0.39 is 0 Å². The Labute approximate surface area is 76.0 Å². The molecule has 0 atom stereocenters. The Morgan fingerprint density at radius 2 is 2.17 bits per heavy atom. The fourth-order valence-electron chi connectivity index (χ4n) is 1.04. The maximum absolute atomic E-state index is 4.84. The lowest BCUT2D eigenvalue weighted by molar-refractivity contribution is -0.407. The van der Waals surface area contributed by atoms with E-state index in [0.717, 1.165) is 5.69 Å². The summed E-state index contributed by atoms with van der Waals surface area (Å²) >= 11 is 4.84. The zero-order valence-corrected chi connectivity index (χ0v) is 7.16. The van der Waals surface area contributed by atoms with Gasteiger partial charge in [0, 0.05) is 0 Å². The molecule has 0 aliphatic carbocycles. The van der Waals surface area contributed by atoms with Crippen LogP contribution in [0.1, 0.15) is 0 Å². The lowest BCUT2D eigenvalue weighted by Gasteiger charge is -2.09. The van der Waals surface area contributed by atoms with Crippen LogP contribution in [0.3, 0.4) is 0 Å². The third-order valence-corrected chi connectivity index (χ3v) is 1.80. The Hall–Kier alpha value is -1.36. The molecule has 1 aromatic carbocycles. The maximum atomic E-state index is 4.84. The van der Waals surface area contributed by atoms with E-state index in [9.17, 15) is 0 Å². The van der Waals surface area contributed by atoms with Crippen molar-refractivity contribution in [2.24, 2.45) is 5.22 Å². The third-order valence-electron chi connectivity index (χ3n) is 1.61. The molecule has 5 heteroatoms. The molecule has 62 valence electrons. The number of nitrogens with zero attached hydrogens (tertiary/aromatic N) is 3. The average molecular weight is 180 g/mol.